The van der Waals surface area contributed by atoms with Gasteiger partial charge in [-0.05, 0) is 39.0 Å². The molecule has 0 aromatic rings. The Morgan fingerprint density at radius 1 is 1.26 bits per heavy atom. The van der Waals surface area contributed by atoms with Gasteiger partial charge in [0.05, 0.1) is 18.8 Å². The lowest BCUT2D eigenvalue weighted by Crippen LogP contribution is -2.38. The van der Waals surface area contributed by atoms with Gasteiger partial charge in [-0.2, -0.15) is 0 Å². The molecule has 0 spiro atoms. The molecule has 136 valence electrons. The van der Waals surface area contributed by atoms with E-state index in [0.29, 0.717) is 12.2 Å². The summed E-state index contributed by atoms with van der Waals surface area (Å²) in [5, 5.41) is 6.65. The maximum atomic E-state index is 5.74. The molecule has 0 aliphatic carbocycles. The number of guanidine groups is 1. The average molecular weight is 441 g/mol. The summed E-state index contributed by atoms with van der Waals surface area (Å²) in [6, 6.07) is 0. The zero-order valence-electron chi connectivity index (χ0n) is 14.2. The van der Waals surface area contributed by atoms with Crippen LogP contribution in [0.2, 0.25) is 0 Å². The van der Waals surface area contributed by atoms with Crippen LogP contribution in [-0.4, -0.2) is 64.2 Å². The van der Waals surface area contributed by atoms with Gasteiger partial charge in [0, 0.05) is 39.5 Å². The topological polar surface area (TPSA) is 64.1 Å². The molecular formula is C16H32IN3O3. The highest BCUT2D eigenvalue weighted by atomic mass is 127. The van der Waals surface area contributed by atoms with Crippen molar-refractivity contribution in [3.63, 3.8) is 0 Å². The van der Waals surface area contributed by atoms with Crippen molar-refractivity contribution in [1.29, 1.82) is 0 Å². The Morgan fingerprint density at radius 3 is 2.87 bits per heavy atom. The van der Waals surface area contributed by atoms with E-state index in [-0.39, 0.29) is 24.0 Å². The van der Waals surface area contributed by atoms with E-state index in [4.69, 9.17) is 14.2 Å². The van der Waals surface area contributed by atoms with Gasteiger partial charge in [0.15, 0.2) is 5.96 Å². The molecule has 2 rings (SSSR count). The first kappa shape index (κ1) is 20.9. The van der Waals surface area contributed by atoms with Crippen molar-refractivity contribution < 1.29 is 14.2 Å². The summed E-state index contributed by atoms with van der Waals surface area (Å²) in [5.74, 6) is 0.893. The number of hydrogen-bond donors (Lipinski definition) is 2. The van der Waals surface area contributed by atoms with E-state index in [1.807, 2.05) is 0 Å². The molecule has 0 bridgehead atoms. The van der Waals surface area contributed by atoms with Crippen LogP contribution in [0.4, 0.5) is 0 Å². The molecule has 2 heterocycles. The Balaban J connectivity index is 0.00000264. The van der Waals surface area contributed by atoms with Gasteiger partial charge < -0.3 is 24.8 Å². The molecule has 2 fully saturated rings. The third-order valence-corrected chi connectivity index (χ3v) is 3.94. The van der Waals surface area contributed by atoms with Crippen molar-refractivity contribution >= 4 is 29.9 Å². The van der Waals surface area contributed by atoms with Gasteiger partial charge in [-0.1, -0.05) is 0 Å². The fourth-order valence-electron chi connectivity index (χ4n) is 2.72. The highest BCUT2D eigenvalue weighted by Crippen LogP contribution is 2.14. The van der Waals surface area contributed by atoms with Crippen molar-refractivity contribution in [2.24, 2.45) is 4.99 Å². The summed E-state index contributed by atoms with van der Waals surface area (Å²) in [7, 11) is 0. The van der Waals surface area contributed by atoms with Gasteiger partial charge in [0.1, 0.15) is 0 Å². The van der Waals surface area contributed by atoms with E-state index in [1.165, 1.54) is 12.8 Å². The molecule has 0 amide bonds. The second kappa shape index (κ2) is 13.2. The summed E-state index contributed by atoms with van der Waals surface area (Å²) in [4.78, 5) is 4.58. The number of ether oxygens (including phenoxy) is 3. The molecule has 2 saturated heterocycles. The van der Waals surface area contributed by atoms with Crippen LogP contribution in [0.5, 0.6) is 0 Å². The molecule has 2 N–H and O–H groups in total. The van der Waals surface area contributed by atoms with E-state index >= 15 is 0 Å². The molecule has 0 saturated carbocycles. The molecule has 6 nitrogen and oxygen atoms in total. The smallest absolute Gasteiger partial charge is 0.191 e. The first-order chi connectivity index (χ1) is 10.9. The SMILES string of the molecule is CCNC(=NCCCOC1CCOC1)NCCC1CCCO1.I. The van der Waals surface area contributed by atoms with Crippen LogP contribution in [0, 0.1) is 0 Å². The number of halogens is 1. The average Bonchev–Trinajstić information content (AvgIpc) is 3.20. The van der Waals surface area contributed by atoms with Crippen LogP contribution in [0.15, 0.2) is 4.99 Å². The lowest BCUT2D eigenvalue weighted by molar-refractivity contribution is 0.0424. The second-order valence-electron chi connectivity index (χ2n) is 5.82. The molecule has 2 atom stereocenters. The van der Waals surface area contributed by atoms with E-state index in [9.17, 15) is 0 Å². The van der Waals surface area contributed by atoms with Crippen LogP contribution in [-0.2, 0) is 14.2 Å². The van der Waals surface area contributed by atoms with Gasteiger partial charge in [-0.25, -0.2) is 0 Å². The highest BCUT2D eigenvalue weighted by Gasteiger charge is 2.15. The number of hydrogen-bond acceptors (Lipinski definition) is 4. The summed E-state index contributed by atoms with van der Waals surface area (Å²) < 4.78 is 16.7. The van der Waals surface area contributed by atoms with Crippen LogP contribution in [0.25, 0.3) is 0 Å². The highest BCUT2D eigenvalue weighted by molar-refractivity contribution is 14.0. The van der Waals surface area contributed by atoms with Crippen LogP contribution in [0.1, 0.15) is 39.0 Å². The van der Waals surface area contributed by atoms with Gasteiger partial charge in [0.25, 0.3) is 0 Å². The molecule has 0 radical (unpaired) electrons. The summed E-state index contributed by atoms with van der Waals surface area (Å²) in [6.07, 6.45) is 6.13. The predicted octanol–water partition coefficient (Wildman–Crippen LogP) is 1.92. The summed E-state index contributed by atoms with van der Waals surface area (Å²) in [5.41, 5.74) is 0. The first-order valence-electron chi connectivity index (χ1n) is 8.71. The first-order valence-corrected chi connectivity index (χ1v) is 8.71. The fraction of sp³-hybridized carbons (Fsp3) is 0.938. The Hall–Kier alpha value is -0.120. The molecule has 23 heavy (non-hydrogen) atoms. The predicted molar refractivity (Wildman–Crippen MR) is 103 cm³/mol. The quantitative estimate of drug-likeness (QED) is 0.248. The lowest BCUT2D eigenvalue weighted by Gasteiger charge is -2.14. The van der Waals surface area contributed by atoms with Crippen LogP contribution >= 0.6 is 24.0 Å². The van der Waals surface area contributed by atoms with Crippen molar-refractivity contribution in [3.8, 4) is 0 Å². The molecule has 0 aromatic heterocycles. The van der Waals surface area contributed by atoms with Crippen molar-refractivity contribution in [3.05, 3.63) is 0 Å². The van der Waals surface area contributed by atoms with Gasteiger partial charge in [-0.15, -0.1) is 24.0 Å². The van der Waals surface area contributed by atoms with Gasteiger partial charge >= 0.3 is 0 Å². The summed E-state index contributed by atoms with van der Waals surface area (Å²) >= 11 is 0. The third-order valence-electron chi connectivity index (χ3n) is 3.94. The van der Waals surface area contributed by atoms with Crippen molar-refractivity contribution in [1.82, 2.24) is 10.6 Å². The summed E-state index contributed by atoms with van der Waals surface area (Å²) in [6.45, 7) is 7.91. The van der Waals surface area contributed by atoms with Crippen molar-refractivity contribution in [2.45, 2.75) is 51.2 Å². The van der Waals surface area contributed by atoms with E-state index < -0.39 is 0 Å². The molecule has 2 aliphatic rings. The molecular weight excluding hydrogens is 409 g/mol. The third kappa shape index (κ3) is 9.07. The normalized spacial score (nSPS) is 24.5. The monoisotopic (exact) mass is 441 g/mol. The fourth-order valence-corrected chi connectivity index (χ4v) is 2.72. The molecule has 2 aliphatic heterocycles. The van der Waals surface area contributed by atoms with E-state index in [2.05, 4.69) is 22.5 Å². The van der Waals surface area contributed by atoms with E-state index in [1.54, 1.807) is 0 Å². The number of rotatable bonds is 9. The largest absolute Gasteiger partial charge is 0.379 e. The number of aliphatic imine (C=N–C) groups is 1. The molecule has 7 heteroatoms. The zero-order chi connectivity index (χ0) is 15.5. The minimum Gasteiger partial charge on any atom is -0.379 e. The Bertz CT molecular complexity index is 320. The standard InChI is InChI=1S/C16H31N3O3.HI/c1-2-17-16(19-9-6-14-5-3-10-21-14)18-8-4-11-22-15-7-12-20-13-15;/h14-15H,2-13H2,1H3,(H2,17,18,19);1H. The number of nitrogens with one attached hydrogen (secondary N) is 2. The minimum atomic E-state index is 0. The molecule has 0 aromatic carbocycles. The Labute approximate surface area is 157 Å². The Kier molecular flexibility index (Phi) is 12.0. The van der Waals surface area contributed by atoms with Crippen LogP contribution < -0.4 is 10.6 Å². The lowest BCUT2D eigenvalue weighted by atomic mass is 10.2. The Morgan fingerprint density at radius 2 is 2.17 bits per heavy atom. The number of nitrogens with zero attached hydrogens (tertiary/aromatic N) is 1. The van der Waals surface area contributed by atoms with Crippen molar-refractivity contribution in [2.75, 3.05) is 46.1 Å². The minimum absolute atomic E-state index is 0. The van der Waals surface area contributed by atoms with Crippen LogP contribution in [0.3, 0.4) is 0 Å². The molecule has 2 unspecified atom stereocenters. The van der Waals surface area contributed by atoms with E-state index in [0.717, 1.165) is 71.3 Å². The maximum Gasteiger partial charge on any atom is 0.191 e. The maximum absolute atomic E-state index is 5.74. The van der Waals surface area contributed by atoms with Gasteiger partial charge in [0.2, 0.25) is 0 Å². The zero-order valence-corrected chi connectivity index (χ0v) is 16.6. The van der Waals surface area contributed by atoms with Gasteiger partial charge in [-0.3, -0.25) is 4.99 Å². The second-order valence-corrected chi connectivity index (χ2v) is 5.82.